The van der Waals surface area contributed by atoms with E-state index < -0.39 is 0 Å². The van der Waals surface area contributed by atoms with Crippen LogP contribution in [0.15, 0.2) is 35.7 Å². The number of para-hydroxylation sites is 1. The molecule has 1 unspecified atom stereocenters. The Hall–Kier alpha value is -1.78. The third kappa shape index (κ3) is 2.82. The molecule has 0 aliphatic carbocycles. The van der Waals surface area contributed by atoms with Gasteiger partial charge in [-0.05, 0) is 32.5 Å². The maximum atomic E-state index is 4.82. The van der Waals surface area contributed by atoms with E-state index in [9.17, 15) is 0 Å². The molecule has 108 valence electrons. The van der Waals surface area contributed by atoms with Crippen LogP contribution in [0.1, 0.15) is 31.3 Å². The number of hydrogen-bond acceptors (Lipinski definition) is 4. The minimum Gasteiger partial charge on any atom is -0.309 e. The van der Waals surface area contributed by atoms with Gasteiger partial charge in [-0.3, -0.25) is 4.98 Å². The van der Waals surface area contributed by atoms with Crippen molar-refractivity contribution in [3.63, 3.8) is 0 Å². The lowest BCUT2D eigenvalue weighted by Crippen LogP contribution is -2.17. The second-order valence-corrected chi connectivity index (χ2v) is 6.04. The summed E-state index contributed by atoms with van der Waals surface area (Å²) in [4.78, 5) is 9.42. The van der Waals surface area contributed by atoms with Crippen LogP contribution < -0.4 is 5.32 Å². The highest BCUT2D eigenvalue weighted by Gasteiger charge is 2.13. The highest BCUT2D eigenvalue weighted by atomic mass is 32.1. The summed E-state index contributed by atoms with van der Waals surface area (Å²) in [6, 6.07) is 10.7. The molecule has 0 saturated heterocycles. The molecule has 0 aliphatic heterocycles. The first-order chi connectivity index (χ1) is 10.2. The first-order valence-corrected chi connectivity index (χ1v) is 8.12. The topological polar surface area (TPSA) is 37.8 Å². The van der Waals surface area contributed by atoms with Gasteiger partial charge in [0.15, 0.2) is 0 Å². The Bertz CT molecular complexity index is 764. The molecular weight excluding hydrogens is 278 g/mol. The molecule has 3 rings (SSSR count). The third-order valence-corrected chi connectivity index (χ3v) is 4.44. The molecule has 1 N–H and O–H groups in total. The number of aromatic nitrogens is 2. The highest BCUT2D eigenvalue weighted by molar-refractivity contribution is 7.13. The summed E-state index contributed by atoms with van der Waals surface area (Å²) in [6.07, 6.45) is 0. The van der Waals surface area contributed by atoms with Crippen LogP contribution in [0.5, 0.6) is 0 Å². The van der Waals surface area contributed by atoms with Gasteiger partial charge in [0.1, 0.15) is 5.01 Å². The van der Waals surface area contributed by atoms with Crippen molar-refractivity contribution < 1.29 is 0 Å². The third-order valence-electron chi connectivity index (χ3n) is 3.55. The SMILES string of the molecule is CCNC(C)c1csc(-c2cc(C)nc3ccccc23)n1. The average Bonchev–Trinajstić information content (AvgIpc) is 2.96. The molecule has 1 aromatic carbocycles. The van der Waals surface area contributed by atoms with E-state index in [0.717, 1.165) is 28.5 Å². The van der Waals surface area contributed by atoms with Gasteiger partial charge in [0.05, 0.1) is 11.2 Å². The Morgan fingerprint density at radius 3 is 2.86 bits per heavy atom. The maximum Gasteiger partial charge on any atom is 0.124 e. The fourth-order valence-electron chi connectivity index (χ4n) is 2.50. The lowest BCUT2D eigenvalue weighted by Gasteiger charge is -2.08. The second kappa shape index (κ2) is 5.92. The molecule has 0 fully saturated rings. The number of hydrogen-bond donors (Lipinski definition) is 1. The molecule has 0 saturated carbocycles. The van der Waals surface area contributed by atoms with Crippen molar-refractivity contribution in [2.75, 3.05) is 6.54 Å². The largest absolute Gasteiger partial charge is 0.309 e. The Morgan fingerprint density at radius 2 is 2.05 bits per heavy atom. The highest BCUT2D eigenvalue weighted by Crippen LogP contribution is 2.32. The van der Waals surface area contributed by atoms with Crippen LogP contribution in [0.2, 0.25) is 0 Å². The van der Waals surface area contributed by atoms with Crippen molar-refractivity contribution in [3.05, 3.63) is 47.1 Å². The average molecular weight is 297 g/mol. The first-order valence-electron chi connectivity index (χ1n) is 7.24. The molecule has 0 radical (unpaired) electrons. The van der Waals surface area contributed by atoms with Crippen molar-refractivity contribution in [3.8, 4) is 10.6 Å². The number of fused-ring (bicyclic) bond motifs is 1. The predicted octanol–water partition coefficient (Wildman–Crippen LogP) is 4.34. The van der Waals surface area contributed by atoms with Gasteiger partial charge in [0.2, 0.25) is 0 Å². The quantitative estimate of drug-likeness (QED) is 0.778. The van der Waals surface area contributed by atoms with Crippen LogP contribution >= 0.6 is 11.3 Å². The number of benzene rings is 1. The Morgan fingerprint density at radius 1 is 1.24 bits per heavy atom. The normalized spacial score (nSPS) is 12.7. The number of aryl methyl sites for hydroxylation is 1. The Kier molecular flexibility index (Phi) is 3.99. The van der Waals surface area contributed by atoms with Crippen molar-refractivity contribution in [2.45, 2.75) is 26.8 Å². The maximum absolute atomic E-state index is 4.82. The summed E-state index contributed by atoms with van der Waals surface area (Å²) < 4.78 is 0. The van der Waals surface area contributed by atoms with Gasteiger partial charge in [0.25, 0.3) is 0 Å². The Balaban J connectivity index is 2.08. The van der Waals surface area contributed by atoms with Gasteiger partial charge in [-0.15, -0.1) is 11.3 Å². The molecule has 2 aromatic heterocycles. The van der Waals surface area contributed by atoms with Crippen molar-refractivity contribution >= 4 is 22.2 Å². The molecule has 0 aliphatic rings. The van der Waals surface area contributed by atoms with Gasteiger partial charge in [-0.2, -0.15) is 0 Å². The number of pyridine rings is 1. The second-order valence-electron chi connectivity index (χ2n) is 5.19. The lowest BCUT2D eigenvalue weighted by molar-refractivity contribution is 0.587. The van der Waals surface area contributed by atoms with E-state index in [1.807, 2.05) is 13.0 Å². The van der Waals surface area contributed by atoms with Crippen LogP contribution in [-0.4, -0.2) is 16.5 Å². The van der Waals surface area contributed by atoms with E-state index >= 15 is 0 Å². The first kappa shape index (κ1) is 14.2. The van der Waals surface area contributed by atoms with Gasteiger partial charge >= 0.3 is 0 Å². The van der Waals surface area contributed by atoms with Gasteiger partial charge in [-0.25, -0.2) is 4.98 Å². The molecule has 21 heavy (non-hydrogen) atoms. The monoisotopic (exact) mass is 297 g/mol. The fourth-order valence-corrected chi connectivity index (χ4v) is 3.45. The standard InChI is InChI=1S/C17H19N3S/c1-4-18-12(3)16-10-21-17(20-16)14-9-11(2)19-15-8-6-5-7-13(14)15/h5-10,12,18H,4H2,1-3H3. The summed E-state index contributed by atoms with van der Waals surface area (Å²) in [7, 11) is 0. The predicted molar refractivity (Wildman–Crippen MR) is 89.7 cm³/mol. The van der Waals surface area contributed by atoms with E-state index in [1.54, 1.807) is 11.3 Å². The lowest BCUT2D eigenvalue weighted by atomic mass is 10.1. The summed E-state index contributed by atoms with van der Waals surface area (Å²) in [5, 5.41) is 7.79. The minimum absolute atomic E-state index is 0.286. The van der Waals surface area contributed by atoms with Crippen LogP contribution in [0.4, 0.5) is 0 Å². The van der Waals surface area contributed by atoms with Gasteiger partial charge in [0, 0.05) is 28.1 Å². The molecule has 0 amide bonds. The zero-order valence-electron chi connectivity index (χ0n) is 12.6. The van der Waals surface area contributed by atoms with Crippen molar-refractivity contribution in [1.82, 2.24) is 15.3 Å². The molecule has 0 spiro atoms. The number of nitrogens with zero attached hydrogens (tertiary/aromatic N) is 2. The van der Waals surface area contributed by atoms with Gasteiger partial charge in [-0.1, -0.05) is 25.1 Å². The minimum atomic E-state index is 0.286. The van der Waals surface area contributed by atoms with E-state index in [4.69, 9.17) is 4.98 Å². The van der Waals surface area contributed by atoms with Crippen molar-refractivity contribution in [1.29, 1.82) is 0 Å². The van der Waals surface area contributed by atoms with E-state index in [0.29, 0.717) is 0 Å². The zero-order chi connectivity index (χ0) is 14.8. The molecule has 4 heteroatoms. The molecular formula is C17H19N3S. The molecule has 3 nitrogen and oxygen atoms in total. The van der Waals surface area contributed by atoms with Crippen LogP contribution in [0.25, 0.3) is 21.5 Å². The van der Waals surface area contributed by atoms with Gasteiger partial charge < -0.3 is 5.32 Å². The Labute approximate surface area is 129 Å². The summed E-state index contributed by atoms with van der Waals surface area (Å²) in [5.41, 5.74) is 4.35. The number of nitrogens with one attached hydrogen (secondary N) is 1. The fraction of sp³-hybridized carbons (Fsp3) is 0.294. The zero-order valence-corrected chi connectivity index (χ0v) is 13.4. The van der Waals surface area contributed by atoms with E-state index in [1.165, 1.54) is 10.9 Å². The van der Waals surface area contributed by atoms with Crippen LogP contribution in [0.3, 0.4) is 0 Å². The summed E-state index contributed by atoms with van der Waals surface area (Å²) in [6.45, 7) is 7.25. The van der Waals surface area contributed by atoms with E-state index in [-0.39, 0.29) is 6.04 Å². The molecule has 3 aromatic rings. The number of thiazole rings is 1. The van der Waals surface area contributed by atoms with Crippen LogP contribution in [-0.2, 0) is 0 Å². The summed E-state index contributed by atoms with van der Waals surface area (Å²) in [5.74, 6) is 0. The van der Waals surface area contributed by atoms with E-state index in [2.05, 4.69) is 53.8 Å². The number of rotatable bonds is 4. The molecule has 1 atom stereocenters. The molecule has 2 heterocycles. The van der Waals surface area contributed by atoms with Crippen LogP contribution in [0, 0.1) is 6.92 Å². The van der Waals surface area contributed by atoms with Crippen molar-refractivity contribution in [2.24, 2.45) is 0 Å². The molecule has 0 bridgehead atoms. The summed E-state index contributed by atoms with van der Waals surface area (Å²) >= 11 is 1.70. The smallest absolute Gasteiger partial charge is 0.124 e.